The standard InChI is InChI=1S/C17H18BNO2/c1-16(2)17(3,4)21-18(20-16)15-10-12(11-19)9-13-7-5-6-8-14(13)15/h5-10H,1-4H3. The van der Waals surface area contributed by atoms with Crippen molar-refractivity contribution in [1.82, 2.24) is 0 Å². The van der Waals surface area contributed by atoms with Crippen molar-refractivity contribution in [2.24, 2.45) is 0 Å². The molecule has 21 heavy (non-hydrogen) atoms. The van der Waals surface area contributed by atoms with E-state index in [4.69, 9.17) is 9.31 Å². The molecule has 4 heteroatoms. The summed E-state index contributed by atoms with van der Waals surface area (Å²) in [5, 5.41) is 11.3. The average molecular weight is 279 g/mol. The minimum absolute atomic E-state index is 0.387. The van der Waals surface area contributed by atoms with Gasteiger partial charge in [-0.2, -0.15) is 5.26 Å². The molecule has 1 aliphatic rings. The maximum Gasteiger partial charge on any atom is 0.495 e. The molecule has 0 saturated carbocycles. The lowest BCUT2D eigenvalue weighted by Crippen LogP contribution is -2.41. The molecule has 1 heterocycles. The fourth-order valence-corrected chi connectivity index (χ4v) is 2.57. The number of rotatable bonds is 1. The maximum atomic E-state index is 9.24. The molecule has 3 nitrogen and oxygen atoms in total. The minimum Gasteiger partial charge on any atom is -0.399 e. The van der Waals surface area contributed by atoms with Gasteiger partial charge >= 0.3 is 7.12 Å². The Bertz CT molecular complexity index is 730. The van der Waals surface area contributed by atoms with Crippen molar-refractivity contribution in [2.75, 3.05) is 0 Å². The highest BCUT2D eigenvalue weighted by Gasteiger charge is 2.52. The van der Waals surface area contributed by atoms with Crippen LogP contribution >= 0.6 is 0 Å². The number of hydrogen-bond donors (Lipinski definition) is 0. The van der Waals surface area contributed by atoms with Crippen molar-refractivity contribution in [1.29, 1.82) is 5.26 Å². The number of nitrogens with zero attached hydrogens (tertiary/aromatic N) is 1. The largest absolute Gasteiger partial charge is 0.495 e. The van der Waals surface area contributed by atoms with Gasteiger partial charge in [-0.1, -0.05) is 24.3 Å². The first-order chi connectivity index (χ1) is 9.84. The lowest BCUT2D eigenvalue weighted by atomic mass is 9.75. The lowest BCUT2D eigenvalue weighted by molar-refractivity contribution is 0.00578. The summed E-state index contributed by atoms with van der Waals surface area (Å²) >= 11 is 0. The van der Waals surface area contributed by atoms with Crippen LogP contribution in [0.5, 0.6) is 0 Å². The van der Waals surface area contributed by atoms with E-state index in [0.717, 1.165) is 16.2 Å². The number of hydrogen-bond acceptors (Lipinski definition) is 3. The summed E-state index contributed by atoms with van der Waals surface area (Å²) < 4.78 is 12.3. The van der Waals surface area contributed by atoms with E-state index in [0.29, 0.717) is 5.56 Å². The van der Waals surface area contributed by atoms with E-state index >= 15 is 0 Å². The molecule has 0 amide bonds. The summed E-state index contributed by atoms with van der Waals surface area (Å²) in [6.45, 7) is 8.12. The minimum atomic E-state index is -0.451. The van der Waals surface area contributed by atoms with Gasteiger partial charge < -0.3 is 9.31 Å². The summed E-state index contributed by atoms with van der Waals surface area (Å²) in [6.07, 6.45) is 0. The second kappa shape index (κ2) is 4.59. The molecule has 0 N–H and O–H groups in total. The first kappa shape index (κ1) is 14.1. The molecule has 0 spiro atoms. The predicted molar refractivity (Wildman–Crippen MR) is 84.4 cm³/mol. The molecule has 0 atom stereocenters. The van der Waals surface area contributed by atoms with Crippen LogP contribution in [0, 0.1) is 11.3 Å². The second-order valence-electron chi connectivity index (χ2n) is 6.49. The van der Waals surface area contributed by atoms with E-state index in [2.05, 4.69) is 6.07 Å². The fourth-order valence-electron chi connectivity index (χ4n) is 2.57. The Hall–Kier alpha value is -1.83. The third-order valence-electron chi connectivity index (χ3n) is 4.53. The molecule has 2 aromatic rings. The summed E-state index contributed by atoms with van der Waals surface area (Å²) in [7, 11) is -0.451. The van der Waals surface area contributed by atoms with E-state index in [1.165, 1.54) is 0 Å². The van der Waals surface area contributed by atoms with Crippen LogP contribution in [0.25, 0.3) is 10.8 Å². The molecule has 0 aromatic heterocycles. The van der Waals surface area contributed by atoms with Gasteiger partial charge in [0.05, 0.1) is 22.8 Å². The van der Waals surface area contributed by atoms with Gasteiger partial charge in [0.2, 0.25) is 0 Å². The van der Waals surface area contributed by atoms with Crippen LogP contribution in [-0.4, -0.2) is 18.3 Å². The zero-order valence-corrected chi connectivity index (χ0v) is 12.8. The normalized spacial score (nSPS) is 19.7. The summed E-state index contributed by atoms with van der Waals surface area (Å²) in [6, 6.07) is 14.0. The molecule has 0 unspecified atom stereocenters. The molecule has 0 radical (unpaired) electrons. The molecule has 0 aliphatic carbocycles. The molecule has 1 aliphatic heterocycles. The van der Waals surface area contributed by atoms with Crippen molar-refractivity contribution in [2.45, 2.75) is 38.9 Å². The number of benzene rings is 2. The molecular weight excluding hydrogens is 261 g/mol. The lowest BCUT2D eigenvalue weighted by Gasteiger charge is -2.32. The Morgan fingerprint density at radius 2 is 1.62 bits per heavy atom. The summed E-state index contributed by atoms with van der Waals surface area (Å²) in [4.78, 5) is 0. The van der Waals surface area contributed by atoms with Gasteiger partial charge in [0, 0.05) is 0 Å². The molecule has 1 fully saturated rings. The molecule has 1 saturated heterocycles. The van der Waals surface area contributed by atoms with Crippen LogP contribution in [-0.2, 0) is 9.31 Å². The van der Waals surface area contributed by atoms with Crippen molar-refractivity contribution in [3.05, 3.63) is 42.0 Å². The van der Waals surface area contributed by atoms with Gasteiger partial charge in [0.15, 0.2) is 0 Å². The fraction of sp³-hybridized carbons (Fsp3) is 0.353. The molecular formula is C17H18BNO2. The van der Waals surface area contributed by atoms with Crippen molar-refractivity contribution >= 4 is 23.4 Å². The predicted octanol–water partition coefficient (Wildman–Crippen LogP) is 3.01. The van der Waals surface area contributed by atoms with Gasteiger partial charge in [-0.15, -0.1) is 0 Å². The summed E-state index contributed by atoms with van der Waals surface area (Å²) in [5.74, 6) is 0. The smallest absolute Gasteiger partial charge is 0.399 e. The van der Waals surface area contributed by atoms with Gasteiger partial charge in [0.1, 0.15) is 0 Å². The van der Waals surface area contributed by atoms with Crippen LogP contribution in [0.1, 0.15) is 33.3 Å². The van der Waals surface area contributed by atoms with Gasteiger partial charge in [-0.3, -0.25) is 0 Å². The van der Waals surface area contributed by atoms with Crippen LogP contribution in [0.15, 0.2) is 36.4 Å². The first-order valence-electron chi connectivity index (χ1n) is 7.12. The maximum absolute atomic E-state index is 9.24. The van der Waals surface area contributed by atoms with Gasteiger partial charge in [-0.05, 0) is 56.1 Å². The van der Waals surface area contributed by atoms with Crippen molar-refractivity contribution in [3.8, 4) is 6.07 Å². The molecule has 3 rings (SSSR count). The quantitative estimate of drug-likeness (QED) is 0.753. The Balaban J connectivity index is 2.16. The van der Waals surface area contributed by atoms with Crippen molar-refractivity contribution < 1.29 is 9.31 Å². The monoisotopic (exact) mass is 279 g/mol. The van der Waals surface area contributed by atoms with E-state index in [9.17, 15) is 5.26 Å². The molecule has 2 aromatic carbocycles. The van der Waals surface area contributed by atoms with Crippen LogP contribution < -0.4 is 5.46 Å². The van der Waals surface area contributed by atoms with Crippen LogP contribution in [0.2, 0.25) is 0 Å². The third kappa shape index (κ3) is 2.23. The molecule has 0 bridgehead atoms. The van der Waals surface area contributed by atoms with E-state index in [1.54, 1.807) is 0 Å². The number of fused-ring (bicyclic) bond motifs is 1. The van der Waals surface area contributed by atoms with Crippen LogP contribution in [0.4, 0.5) is 0 Å². The van der Waals surface area contributed by atoms with Crippen LogP contribution in [0.3, 0.4) is 0 Å². The highest BCUT2D eigenvalue weighted by Crippen LogP contribution is 2.37. The van der Waals surface area contributed by atoms with E-state index < -0.39 is 7.12 Å². The van der Waals surface area contributed by atoms with E-state index in [-0.39, 0.29) is 11.2 Å². The Labute approximate surface area is 125 Å². The highest BCUT2D eigenvalue weighted by atomic mass is 16.7. The molecule has 106 valence electrons. The average Bonchev–Trinajstić information content (AvgIpc) is 2.66. The zero-order chi connectivity index (χ0) is 15.3. The first-order valence-corrected chi connectivity index (χ1v) is 7.12. The van der Waals surface area contributed by atoms with E-state index in [1.807, 2.05) is 64.1 Å². The Morgan fingerprint density at radius 3 is 2.24 bits per heavy atom. The summed E-state index contributed by atoms with van der Waals surface area (Å²) in [5.41, 5.74) is 0.768. The Kier molecular flexibility index (Phi) is 3.09. The second-order valence-corrected chi connectivity index (χ2v) is 6.49. The number of nitriles is 1. The van der Waals surface area contributed by atoms with Gasteiger partial charge in [0.25, 0.3) is 0 Å². The topological polar surface area (TPSA) is 42.2 Å². The Morgan fingerprint density at radius 1 is 1.00 bits per heavy atom. The zero-order valence-electron chi connectivity index (χ0n) is 12.8. The van der Waals surface area contributed by atoms with Crippen molar-refractivity contribution in [3.63, 3.8) is 0 Å². The third-order valence-corrected chi connectivity index (χ3v) is 4.53. The SMILES string of the molecule is CC1(C)OB(c2cc(C#N)cc3ccccc23)OC1(C)C. The van der Waals surface area contributed by atoms with Gasteiger partial charge in [-0.25, -0.2) is 0 Å². The highest BCUT2D eigenvalue weighted by molar-refractivity contribution is 6.65.